The van der Waals surface area contributed by atoms with Crippen molar-refractivity contribution >= 4 is 50.1 Å². The minimum absolute atomic E-state index is 0.249. The molecule has 112 valence electrons. The number of sulfonamides is 1. The molecule has 0 spiro atoms. The highest BCUT2D eigenvalue weighted by molar-refractivity contribution is 14.1. The topological polar surface area (TPSA) is 93.7 Å². The van der Waals surface area contributed by atoms with Gasteiger partial charge in [0, 0.05) is 9.64 Å². The number of hydrogen-bond donors (Lipinski definition) is 2. The first-order valence-electron chi connectivity index (χ1n) is 5.56. The third kappa shape index (κ3) is 5.04. The maximum atomic E-state index is 11.4. The van der Waals surface area contributed by atoms with E-state index in [9.17, 15) is 13.2 Å². The zero-order valence-electron chi connectivity index (χ0n) is 11.2. The molecule has 0 saturated heterocycles. The van der Waals surface area contributed by atoms with Crippen molar-refractivity contribution < 1.29 is 22.7 Å². The maximum absolute atomic E-state index is 11.4. The Bertz CT molecular complexity index is 603. The minimum Gasteiger partial charge on any atom is -0.494 e. The lowest BCUT2D eigenvalue weighted by Crippen LogP contribution is -2.15. The van der Waals surface area contributed by atoms with Crippen LogP contribution in [0.25, 0.3) is 0 Å². The number of halogens is 1. The quantitative estimate of drug-likeness (QED) is 0.721. The maximum Gasteiger partial charge on any atom is 0.411 e. The average molecular weight is 414 g/mol. The van der Waals surface area contributed by atoms with Crippen LogP contribution in [0.3, 0.4) is 0 Å². The van der Waals surface area contributed by atoms with Crippen LogP contribution in [0.5, 0.6) is 5.75 Å². The van der Waals surface area contributed by atoms with Crippen molar-refractivity contribution in [3.05, 3.63) is 15.7 Å². The molecule has 2 N–H and O–H groups in total. The molecule has 0 unspecified atom stereocenters. The van der Waals surface area contributed by atoms with Crippen LogP contribution in [0.4, 0.5) is 16.2 Å². The highest BCUT2D eigenvalue weighted by Crippen LogP contribution is 2.33. The van der Waals surface area contributed by atoms with Crippen molar-refractivity contribution in [1.29, 1.82) is 0 Å². The Morgan fingerprint density at radius 1 is 1.35 bits per heavy atom. The Kier molecular flexibility index (Phi) is 5.87. The summed E-state index contributed by atoms with van der Waals surface area (Å²) in [6.07, 6.45) is 0.450. The number of methoxy groups -OCH3 is 1. The van der Waals surface area contributed by atoms with Crippen molar-refractivity contribution in [1.82, 2.24) is 0 Å². The van der Waals surface area contributed by atoms with Gasteiger partial charge in [0.1, 0.15) is 5.75 Å². The minimum atomic E-state index is -3.39. The molecule has 0 aliphatic heterocycles. The van der Waals surface area contributed by atoms with Gasteiger partial charge in [-0.05, 0) is 35.6 Å². The molecule has 0 bridgehead atoms. The van der Waals surface area contributed by atoms with Gasteiger partial charge in [0.05, 0.1) is 31.3 Å². The summed E-state index contributed by atoms with van der Waals surface area (Å²) in [6, 6.07) is 3.08. The second kappa shape index (κ2) is 6.97. The van der Waals surface area contributed by atoms with Crippen LogP contribution in [0, 0.1) is 3.57 Å². The smallest absolute Gasteiger partial charge is 0.411 e. The number of carbonyl (C=O) groups is 1. The second-order valence-electron chi connectivity index (χ2n) is 3.75. The fourth-order valence-corrected chi connectivity index (χ4v) is 2.73. The summed E-state index contributed by atoms with van der Waals surface area (Å²) >= 11 is 1.95. The largest absolute Gasteiger partial charge is 0.494 e. The molecule has 0 fully saturated rings. The Balaban J connectivity index is 3.10. The third-order valence-electron chi connectivity index (χ3n) is 2.10. The van der Waals surface area contributed by atoms with Gasteiger partial charge in [-0.3, -0.25) is 10.0 Å². The third-order valence-corrected chi connectivity index (χ3v) is 3.58. The van der Waals surface area contributed by atoms with E-state index < -0.39 is 16.1 Å². The first-order valence-corrected chi connectivity index (χ1v) is 8.53. The number of hydrogen-bond acceptors (Lipinski definition) is 5. The molecule has 0 aliphatic rings. The fraction of sp³-hybridized carbons (Fsp3) is 0.364. The summed E-state index contributed by atoms with van der Waals surface area (Å²) in [7, 11) is -1.97. The summed E-state index contributed by atoms with van der Waals surface area (Å²) in [5.74, 6) is 0.324. The molecule has 1 aromatic rings. The van der Waals surface area contributed by atoms with E-state index in [1.54, 1.807) is 13.0 Å². The number of rotatable bonds is 5. The summed E-state index contributed by atoms with van der Waals surface area (Å²) in [5.41, 5.74) is 0.772. The Hall–Kier alpha value is -1.23. The van der Waals surface area contributed by atoms with Gasteiger partial charge in [0.2, 0.25) is 10.0 Å². The molecule has 0 heterocycles. The predicted octanol–water partition coefficient (Wildman–Crippen LogP) is 2.24. The van der Waals surface area contributed by atoms with Crippen LogP contribution in [0.1, 0.15) is 6.92 Å². The Morgan fingerprint density at radius 3 is 2.50 bits per heavy atom. The summed E-state index contributed by atoms with van der Waals surface area (Å²) < 4.78 is 35.4. The van der Waals surface area contributed by atoms with Gasteiger partial charge in [-0.1, -0.05) is 0 Å². The van der Waals surface area contributed by atoms with Crippen molar-refractivity contribution in [2.45, 2.75) is 6.92 Å². The monoisotopic (exact) mass is 414 g/mol. The fourth-order valence-electron chi connectivity index (χ4n) is 1.38. The SMILES string of the molecule is CCOC(=O)Nc1cc(I)c(NS(C)(=O)=O)cc1OC. The summed E-state index contributed by atoms with van der Waals surface area (Å²) in [4.78, 5) is 11.4. The van der Waals surface area contributed by atoms with Gasteiger partial charge >= 0.3 is 6.09 Å². The van der Waals surface area contributed by atoms with Crippen molar-refractivity contribution in [2.75, 3.05) is 30.0 Å². The molecule has 1 aromatic carbocycles. The number of benzene rings is 1. The average Bonchev–Trinajstić information content (AvgIpc) is 2.31. The zero-order valence-corrected chi connectivity index (χ0v) is 14.2. The van der Waals surface area contributed by atoms with Gasteiger partial charge in [0.15, 0.2) is 0 Å². The number of carbonyl (C=O) groups excluding carboxylic acids is 1. The van der Waals surface area contributed by atoms with E-state index >= 15 is 0 Å². The van der Waals surface area contributed by atoms with Gasteiger partial charge in [0.25, 0.3) is 0 Å². The summed E-state index contributed by atoms with van der Waals surface area (Å²) in [5, 5.41) is 2.53. The molecule has 0 aromatic heterocycles. The van der Waals surface area contributed by atoms with E-state index in [-0.39, 0.29) is 6.61 Å². The van der Waals surface area contributed by atoms with Gasteiger partial charge < -0.3 is 9.47 Å². The highest BCUT2D eigenvalue weighted by atomic mass is 127. The normalized spacial score (nSPS) is 10.8. The van der Waals surface area contributed by atoms with Crippen LogP contribution in [0.2, 0.25) is 0 Å². The van der Waals surface area contributed by atoms with Crippen LogP contribution >= 0.6 is 22.6 Å². The molecule has 0 saturated carbocycles. The van der Waals surface area contributed by atoms with Gasteiger partial charge in [-0.2, -0.15) is 0 Å². The first kappa shape index (κ1) is 16.8. The van der Waals surface area contributed by atoms with Gasteiger partial charge in [-0.25, -0.2) is 13.2 Å². The second-order valence-corrected chi connectivity index (χ2v) is 6.66. The standard InChI is InChI=1S/C11H15IN2O5S/c1-4-19-11(15)13-9-5-7(12)8(6-10(9)18-2)14-20(3,16)17/h5-6,14H,4H2,1-3H3,(H,13,15). The molecular formula is C11H15IN2O5S. The number of anilines is 2. The van der Waals surface area contributed by atoms with E-state index in [1.807, 2.05) is 22.6 Å². The molecule has 7 nitrogen and oxygen atoms in total. The lowest BCUT2D eigenvalue weighted by Gasteiger charge is -2.14. The van der Waals surface area contributed by atoms with Crippen LogP contribution in [-0.2, 0) is 14.8 Å². The first-order chi connectivity index (χ1) is 9.26. The lowest BCUT2D eigenvalue weighted by molar-refractivity contribution is 0.168. The molecule has 20 heavy (non-hydrogen) atoms. The van der Waals surface area contributed by atoms with Crippen LogP contribution in [0.15, 0.2) is 12.1 Å². The Morgan fingerprint density at radius 2 is 2.00 bits per heavy atom. The van der Waals surface area contributed by atoms with Crippen LogP contribution < -0.4 is 14.8 Å². The molecule has 0 radical (unpaired) electrons. The molecule has 0 aliphatic carbocycles. The van der Waals surface area contributed by atoms with Crippen molar-refractivity contribution in [3.63, 3.8) is 0 Å². The number of nitrogens with one attached hydrogen (secondary N) is 2. The summed E-state index contributed by atoms with van der Waals surface area (Å²) in [6.45, 7) is 1.94. The molecule has 0 atom stereocenters. The molecule has 1 rings (SSSR count). The van der Waals surface area contributed by atoms with Crippen molar-refractivity contribution in [3.8, 4) is 5.75 Å². The molecule has 9 heteroatoms. The number of ether oxygens (including phenoxy) is 2. The molecular weight excluding hydrogens is 399 g/mol. The van der Waals surface area contributed by atoms with E-state index in [0.29, 0.717) is 20.7 Å². The van der Waals surface area contributed by atoms with E-state index in [2.05, 4.69) is 10.0 Å². The molecule has 1 amide bonds. The van der Waals surface area contributed by atoms with Gasteiger partial charge in [-0.15, -0.1) is 0 Å². The van der Waals surface area contributed by atoms with E-state index in [0.717, 1.165) is 6.26 Å². The zero-order chi connectivity index (χ0) is 15.3. The number of amides is 1. The lowest BCUT2D eigenvalue weighted by atomic mass is 10.2. The highest BCUT2D eigenvalue weighted by Gasteiger charge is 2.14. The van der Waals surface area contributed by atoms with E-state index in [1.165, 1.54) is 13.2 Å². The van der Waals surface area contributed by atoms with Crippen LogP contribution in [-0.4, -0.2) is 34.5 Å². The predicted molar refractivity (Wildman–Crippen MR) is 84.8 cm³/mol. The van der Waals surface area contributed by atoms with Crippen molar-refractivity contribution in [2.24, 2.45) is 0 Å². The Labute approximate surface area is 131 Å². The van der Waals surface area contributed by atoms with E-state index in [4.69, 9.17) is 9.47 Å².